The van der Waals surface area contributed by atoms with E-state index in [0.29, 0.717) is 23.3 Å². The first-order valence-corrected chi connectivity index (χ1v) is 10.3. The molecule has 0 N–H and O–H groups in total. The molecule has 1 fully saturated rings. The van der Waals surface area contributed by atoms with Crippen LogP contribution in [0.15, 0.2) is 40.3 Å². The van der Waals surface area contributed by atoms with E-state index in [4.69, 9.17) is 9.15 Å². The summed E-state index contributed by atoms with van der Waals surface area (Å²) in [6.45, 7) is 3.39. The van der Waals surface area contributed by atoms with Gasteiger partial charge in [-0.2, -0.15) is 0 Å². The fourth-order valence-corrected chi connectivity index (χ4v) is 4.35. The first-order chi connectivity index (χ1) is 13.6. The molecule has 3 aromatic rings. The fourth-order valence-electron chi connectivity index (χ4n) is 3.54. The van der Waals surface area contributed by atoms with E-state index in [1.54, 1.807) is 18.4 Å². The standard InChI is InChI=1S/C21H23N3O3S/c1-14-18(23-20(27-14)16-4-3-5-17(12-16)26-2)13-19(25)24-9-6-15(7-10-24)21-22-8-11-28-21/h3-5,8,11-12,15H,6-7,9-10,13H2,1-2H3. The molecule has 0 radical (unpaired) electrons. The number of methoxy groups -OCH3 is 1. The van der Waals surface area contributed by atoms with Gasteiger partial charge in [0.2, 0.25) is 11.8 Å². The molecule has 3 heterocycles. The van der Waals surface area contributed by atoms with Crippen LogP contribution in [0.4, 0.5) is 0 Å². The van der Waals surface area contributed by atoms with Crippen molar-refractivity contribution in [2.45, 2.75) is 32.1 Å². The van der Waals surface area contributed by atoms with Crippen molar-refractivity contribution in [3.05, 3.63) is 52.3 Å². The molecule has 0 aliphatic carbocycles. The third-order valence-corrected chi connectivity index (χ3v) is 6.11. The van der Waals surface area contributed by atoms with Gasteiger partial charge in [0, 0.05) is 36.1 Å². The summed E-state index contributed by atoms with van der Waals surface area (Å²) in [5.41, 5.74) is 1.54. The number of hydrogen-bond acceptors (Lipinski definition) is 6. The largest absolute Gasteiger partial charge is 0.497 e. The van der Waals surface area contributed by atoms with Crippen molar-refractivity contribution in [3.63, 3.8) is 0 Å². The molecule has 2 aromatic heterocycles. The lowest BCUT2D eigenvalue weighted by Crippen LogP contribution is -2.38. The summed E-state index contributed by atoms with van der Waals surface area (Å²) in [4.78, 5) is 23.7. The summed E-state index contributed by atoms with van der Waals surface area (Å²) in [5, 5.41) is 3.20. The maximum atomic E-state index is 12.8. The third-order valence-electron chi connectivity index (χ3n) is 5.18. The number of carbonyl (C=O) groups excluding carboxylic acids is 1. The Morgan fingerprint density at radius 2 is 2.18 bits per heavy atom. The highest BCUT2D eigenvalue weighted by atomic mass is 32.1. The quantitative estimate of drug-likeness (QED) is 0.649. The molecule has 7 heteroatoms. The lowest BCUT2D eigenvalue weighted by Gasteiger charge is -2.31. The maximum Gasteiger partial charge on any atom is 0.228 e. The Labute approximate surface area is 168 Å². The van der Waals surface area contributed by atoms with E-state index in [0.717, 1.165) is 37.2 Å². The Balaban J connectivity index is 1.40. The Morgan fingerprint density at radius 1 is 1.36 bits per heavy atom. The van der Waals surface area contributed by atoms with Crippen molar-refractivity contribution in [1.29, 1.82) is 0 Å². The van der Waals surface area contributed by atoms with Gasteiger partial charge in [0.05, 0.1) is 24.2 Å². The SMILES string of the molecule is COc1cccc(-c2nc(CC(=O)N3CCC(c4nccs4)CC3)c(C)o2)c1. The van der Waals surface area contributed by atoms with Crippen molar-refractivity contribution >= 4 is 17.2 Å². The molecule has 6 nitrogen and oxygen atoms in total. The fraction of sp³-hybridized carbons (Fsp3) is 0.381. The number of hydrogen-bond donors (Lipinski definition) is 0. The number of ether oxygens (including phenoxy) is 1. The molecule has 28 heavy (non-hydrogen) atoms. The minimum atomic E-state index is 0.103. The van der Waals surface area contributed by atoms with E-state index in [-0.39, 0.29) is 12.3 Å². The topological polar surface area (TPSA) is 68.5 Å². The molecule has 146 valence electrons. The second kappa shape index (κ2) is 8.14. The Hall–Kier alpha value is -2.67. The zero-order valence-electron chi connectivity index (χ0n) is 16.1. The van der Waals surface area contributed by atoms with Gasteiger partial charge in [-0.05, 0) is 38.0 Å². The molecule has 1 aromatic carbocycles. The lowest BCUT2D eigenvalue weighted by atomic mass is 9.97. The summed E-state index contributed by atoms with van der Waals surface area (Å²) < 4.78 is 11.1. The first-order valence-electron chi connectivity index (χ1n) is 9.42. The van der Waals surface area contributed by atoms with Crippen LogP contribution in [0.3, 0.4) is 0 Å². The molecule has 1 saturated heterocycles. The molecular weight excluding hydrogens is 374 g/mol. The molecule has 0 atom stereocenters. The van der Waals surface area contributed by atoms with Crippen molar-refractivity contribution in [2.75, 3.05) is 20.2 Å². The summed E-state index contributed by atoms with van der Waals surface area (Å²) in [6, 6.07) is 7.56. The van der Waals surface area contributed by atoms with Gasteiger partial charge in [-0.15, -0.1) is 11.3 Å². The monoisotopic (exact) mass is 397 g/mol. The van der Waals surface area contributed by atoms with Crippen LogP contribution in [0.2, 0.25) is 0 Å². The number of aryl methyl sites for hydroxylation is 1. The normalized spacial score (nSPS) is 15.0. The Morgan fingerprint density at radius 3 is 2.89 bits per heavy atom. The number of oxazole rings is 1. The number of rotatable bonds is 5. The zero-order valence-corrected chi connectivity index (χ0v) is 16.9. The van der Waals surface area contributed by atoms with Crippen molar-refractivity contribution < 1.29 is 13.9 Å². The smallest absolute Gasteiger partial charge is 0.228 e. The molecule has 1 aliphatic heterocycles. The lowest BCUT2D eigenvalue weighted by molar-refractivity contribution is -0.131. The molecule has 1 aliphatic rings. The molecule has 0 bridgehead atoms. The van der Waals surface area contributed by atoms with Gasteiger partial charge in [0.15, 0.2) is 0 Å². The highest BCUT2D eigenvalue weighted by Crippen LogP contribution is 2.30. The number of likely N-dealkylation sites (tertiary alicyclic amines) is 1. The highest BCUT2D eigenvalue weighted by molar-refractivity contribution is 7.09. The van der Waals surface area contributed by atoms with E-state index >= 15 is 0 Å². The highest BCUT2D eigenvalue weighted by Gasteiger charge is 2.26. The number of amides is 1. The zero-order chi connectivity index (χ0) is 19.5. The van der Waals surface area contributed by atoms with Crippen molar-refractivity contribution in [2.24, 2.45) is 0 Å². The number of piperidine rings is 1. The minimum Gasteiger partial charge on any atom is -0.497 e. The van der Waals surface area contributed by atoms with E-state index in [1.165, 1.54) is 5.01 Å². The molecule has 1 amide bonds. The van der Waals surface area contributed by atoms with Crippen LogP contribution in [-0.4, -0.2) is 41.0 Å². The van der Waals surface area contributed by atoms with Gasteiger partial charge >= 0.3 is 0 Å². The predicted octanol–water partition coefficient (Wildman–Crippen LogP) is 4.06. The van der Waals surface area contributed by atoms with Crippen LogP contribution >= 0.6 is 11.3 Å². The number of aromatic nitrogens is 2. The van der Waals surface area contributed by atoms with Crippen LogP contribution < -0.4 is 4.74 Å². The van der Waals surface area contributed by atoms with E-state index in [1.807, 2.05) is 47.7 Å². The van der Waals surface area contributed by atoms with Gasteiger partial charge < -0.3 is 14.1 Å². The van der Waals surface area contributed by atoms with Crippen LogP contribution in [0, 0.1) is 6.92 Å². The van der Waals surface area contributed by atoms with Crippen LogP contribution in [-0.2, 0) is 11.2 Å². The van der Waals surface area contributed by atoms with Crippen LogP contribution in [0.5, 0.6) is 5.75 Å². The van der Waals surface area contributed by atoms with Gasteiger partial charge in [-0.3, -0.25) is 4.79 Å². The average molecular weight is 398 g/mol. The number of benzene rings is 1. The third kappa shape index (κ3) is 3.94. The first kappa shape index (κ1) is 18.7. The van der Waals surface area contributed by atoms with Crippen molar-refractivity contribution in [3.8, 4) is 17.2 Å². The maximum absolute atomic E-state index is 12.8. The molecular formula is C21H23N3O3S. The second-order valence-corrected chi connectivity index (χ2v) is 7.88. The van der Waals surface area contributed by atoms with E-state index in [9.17, 15) is 4.79 Å². The van der Waals surface area contributed by atoms with Gasteiger partial charge in [-0.1, -0.05) is 6.07 Å². The predicted molar refractivity (Wildman–Crippen MR) is 108 cm³/mol. The molecule has 4 rings (SSSR count). The summed E-state index contributed by atoms with van der Waals surface area (Å²) in [5.74, 6) is 2.52. The average Bonchev–Trinajstić information content (AvgIpc) is 3.39. The van der Waals surface area contributed by atoms with Crippen LogP contribution in [0.1, 0.15) is 35.2 Å². The minimum absolute atomic E-state index is 0.103. The van der Waals surface area contributed by atoms with Gasteiger partial charge in [0.25, 0.3) is 0 Å². The Bertz CT molecular complexity index is 944. The van der Waals surface area contributed by atoms with Crippen LogP contribution in [0.25, 0.3) is 11.5 Å². The number of thiazole rings is 1. The van der Waals surface area contributed by atoms with Gasteiger partial charge in [-0.25, -0.2) is 9.97 Å². The van der Waals surface area contributed by atoms with E-state index < -0.39 is 0 Å². The number of nitrogens with zero attached hydrogens (tertiary/aromatic N) is 3. The molecule has 0 spiro atoms. The molecule has 0 saturated carbocycles. The summed E-state index contributed by atoms with van der Waals surface area (Å²) in [6.07, 6.45) is 4.05. The Kier molecular flexibility index (Phi) is 5.43. The number of carbonyl (C=O) groups is 1. The van der Waals surface area contributed by atoms with Crippen molar-refractivity contribution in [1.82, 2.24) is 14.9 Å². The summed E-state index contributed by atoms with van der Waals surface area (Å²) in [7, 11) is 1.63. The molecule has 0 unspecified atom stereocenters. The summed E-state index contributed by atoms with van der Waals surface area (Å²) >= 11 is 1.70. The van der Waals surface area contributed by atoms with E-state index in [2.05, 4.69) is 9.97 Å². The second-order valence-electron chi connectivity index (χ2n) is 6.96. The van der Waals surface area contributed by atoms with Gasteiger partial charge in [0.1, 0.15) is 11.5 Å².